The molecule has 1 aromatic carbocycles. The van der Waals surface area contributed by atoms with Gasteiger partial charge in [0.05, 0.1) is 29.1 Å². The Morgan fingerprint density at radius 3 is 2.57 bits per heavy atom. The van der Waals surface area contributed by atoms with Crippen LogP contribution in [0, 0.1) is 0 Å². The number of rotatable bonds is 2. The number of carboxylic acids is 1. The maximum absolute atomic E-state index is 12.4. The zero-order valence-electron chi connectivity index (χ0n) is 11.9. The van der Waals surface area contributed by atoms with E-state index in [9.17, 15) is 9.59 Å². The van der Waals surface area contributed by atoms with Gasteiger partial charge in [-0.3, -0.25) is 4.90 Å². The molecule has 1 aliphatic rings. The number of hydrazine groups is 1. The van der Waals surface area contributed by atoms with Gasteiger partial charge in [0.25, 0.3) is 0 Å². The molecule has 8 heteroatoms. The van der Waals surface area contributed by atoms with Crippen molar-refractivity contribution in [2.75, 3.05) is 24.1 Å². The molecule has 1 fully saturated rings. The van der Waals surface area contributed by atoms with Crippen molar-refractivity contribution >= 4 is 23.4 Å². The summed E-state index contributed by atoms with van der Waals surface area (Å²) in [6.07, 6.45) is 0. The zero-order valence-corrected chi connectivity index (χ0v) is 11.9. The number of carbonyl (C=O) groups is 2. The molecule has 0 radical (unpaired) electrons. The average molecular weight is 294 g/mol. The zero-order chi connectivity index (χ0) is 15.8. The predicted molar refractivity (Wildman–Crippen MR) is 76.6 cm³/mol. The molecule has 0 atom stereocenters. The molecule has 21 heavy (non-hydrogen) atoms. The van der Waals surface area contributed by atoms with Crippen LogP contribution in [0.15, 0.2) is 18.2 Å². The Balaban J connectivity index is 2.26. The van der Waals surface area contributed by atoms with E-state index in [0.717, 1.165) is 5.01 Å². The Labute approximate surface area is 121 Å². The molecule has 0 aromatic heterocycles. The Morgan fingerprint density at radius 2 is 2.10 bits per heavy atom. The van der Waals surface area contributed by atoms with Crippen molar-refractivity contribution in [1.29, 1.82) is 0 Å². The topological polar surface area (TPSA) is 122 Å². The van der Waals surface area contributed by atoms with E-state index >= 15 is 0 Å². The first kappa shape index (κ1) is 15.1. The van der Waals surface area contributed by atoms with Crippen LogP contribution in [-0.2, 0) is 4.74 Å². The fraction of sp³-hybridized carbons (Fsp3) is 0.385. The van der Waals surface area contributed by atoms with E-state index in [1.165, 1.54) is 23.1 Å². The van der Waals surface area contributed by atoms with Crippen molar-refractivity contribution < 1.29 is 19.4 Å². The molecule has 2 amide bonds. The number of urea groups is 1. The summed E-state index contributed by atoms with van der Waals surface area (Å²) < 4.78 is 5.27. The van der Waals surface area contributed by atoms with Gasteiger partial charge in [-0.25, -0.2) is 20.4 Å². The van der Waals surface area contributed by atoms with Crippen molar-refractivity contribution in [3.63, 3.8) is 0 Å². The number of carboxylic acid groups (broad SMARTS) is 1. The summed E-state index contributed by atoms with van der Waals surface area (Å²) in [5, 5.41) is 9.80. The van der Waals surface area contributed by atoms with Gasteiger partial charge in [-0.2, -0.15) is 0 Å². The SMILES string of the molecule is CC1(C)COCN1C(=O)N(N)c1ccc(C(=O)O)cc1N. The Morgan fingerprint density at radius 1 is 1.43 bits per heavy atom. The van der Waals surface area contributed by atoms with E-state index in [0.29, 0.717) is 6.61 Å². The van der Waals surface area contributed by atoms with Crippen LogP contribution in [0.3, 0.4) is 0 Å². The molecule has 0 unspecified atom stereocenters. The second-order valence-electron chi connectivity index (χ2n) is 5.45. The number of aromatic carboxylic acids is 1. The van der Waals surface area contributed by atoms with Crippen molar-refractivity contribution in [1.82, 2.24) is 4.90 Å². The smallest absolute Gasteiger partial charge is 0.341 e. The van der Waals surface area contributed by atoms with Gasteiger partial charge in [0.2, 0.25) is 0 Å². The number of benzene rings is 1. The molecule has 0 aliphatic carbocycles. The predicted octanol–water partition coefficient (Wildman–Crippen LogP) is 0.835. The third-order valence-corrected chi connectivity index (χ3v) is 3.38. The lowest BCUT2D eigenvalue weighted by molar-refractivity contribution is 0.0697. The number of carbonyl (C=O) groups excluding carboxylic acids is 1. The first-order chi connectivity index (χ1) is 9.74. The van der Waals surface area contributed by atoms with Crippen molar-refractivity contribution in [2.24, 2.45) is 5.84 Å². The highest BCUT2D eigenvalue weighted by Gasteiger charge is 2.38. The van der Waals surface area contributed by atoms with Crippen LogP contribution < -0.4 is 16.6 Å². The molecule has 1 saturated heterocycles. The lowest BCUT2D eigenvalue weighted by Gasteiger charge is -2.32. The third-order valence-electron chi connectivity index (χ3n) is 3.38. The van der Waals surface area contributed by atoms with Crippen LogP contribution in [0.25, 0.3) is 0 Å². The van der Waals surface area contributed by atoms with Gasteiger partial charge in [-0.1, -0.05) is 0 Å². The number of amides is 2. The highest BCUT2D eigenvalue weighted by Crippen LogP contribution is 2.27. The molecular formula is C13H18N4O4. The molecule has 0 bridgehead atoms. The summed E-state index contributed by atoms with van der Waals surface area (Å²) in [5.74, 6) is 4.73. The van der Waals surface area contributed by atoms with Crippen molar-refractivity contribution in [2.45, 2.75) is 19.4 Å². The molecule has 5 N–H and O–H groups in total. The van der Waals surface area contributed by atoms with Gasteiger partial charge in [0.15, 0.2) is 0 Å². The second kappa shape index (κ2) is 5.23. The quantitative estimate of drug-likeness (QED) is 0.321. The highest BCUT2D eigenvalue weighted by atomic mass is 16.5. The fourth-order valence-corrected chi connectivity index (χ4v) is 2.09. The van der Waals surface area contributed by atoms with E-state index < -0.39 is 17.5 Å². The van der Waals surface area contributed by atoms with Gasteiger partial charge in [0, 0.05) is 0 Å². The number of nitrogens with zero attached hydrogens (tertiary/aromatic N) is 2. The molecule has 2 rings (SSSR count). The van der Waals surface area contributed by atoms with Gasteiger partial charge < -0.3 is 15.6 Å². The Hall–Kier alpha value is -2.32. The van der Waals surface area contributed by atoms with Gasteiger partial charge in [-0.05, 0) is 32.0 Å². The molecule has 114 valence electrons. The third kappa shape index (κ3) is 2.76. The number of ether oxygens (including phenoxy) is 1. The Kier molecular flexibility index (Phi) is 3.75. The molecule has 1 aliphatic heterocycles. The summed E-state index contributed by atoms with van der Waals surface area (Å²) in [7, 11) is 0. The first-order valence-electron chi connectivity index (χ1n) is 6.31. The van der Waals surface area contributed by atoms with Crippen LogP contribution >= 0.6 is 0 Å². The van der Waals surface area contributed by atoms with E-state index in [1.807, 2.05) is 13.8 Å². The van der Waals surface area contributed by atoms with Crippen LogP contribution in [-0.4, -0.2) is 40.9 Å². The largest absolute Gasteiger partial charge is 0.478 e. The van der Waals surface area contributed by atoms with Gasteiger partial charge in [-0.15, -0.1) is 0 Å². The molecule has 1 aromatic rings. The van der Waals surface area contributed by atoms with E-state index in [2.05, 4.69) is 0 Å². The lowest BCUT2D eigenvalue weighted by Crippen LogP contribution is -2.53. The average Bonchev–Trinajstić information content (AvgIpc) is 2.76. The van der Waals surface area contributed by atoms with E-state index in [-0.39, 0.29) is 23.7 Å². The van der Waals surface area contributed by atoms with Crippen LogP contribution in [0.4, 0.5) is 16.2 Å². The number of nitrogen functional groups attached to an aromatic ring is 1. The van der Waals surface area contributed by atoms with Crippen LogP contribution in [0.1, 0.15) is 24.2 Å². The van der Waals surface area contributed by atoms with Crippen molar-refractivity contribution in [3.05, 3.63) is 23.8 Å². The monoisotopic (exact) mass is 294 g/mol. The standard InChI is InChI=1S/C13H18N4O4/c1-13(2)6-21-7-16(13)12(20)17(15)10-4-3-8(11(18)19)5-9(10)14/h3-5H,6-7,14-15H2,1-2H3,(H,18,19). The molecule has 0 spiro atoms. The Bertz CT molecular complexity index is 588. The summed E-state index contributed by atoms with van der Waals surface area (Å²) >= 11 is 0. The highest BCUT2D eigenvalue weighted by molar-refractivity contribution is 5.96. The number of hydrogen-bond donors (Lipinski definition) is 3. The first-order valence-corrected chi connectivity index (χ1v) is 6.31. The number of hydrogen-bond acceptors (Lipinski definition) is 5. The second-order valence-corrected chi connectivity index (χ2v) is 5.45. The molecular weight excluding hydrogens is 276 g/mol. The number of anilines is 2. The maximum Gasteiger partial charge on any atom is 0.341 e. The minimum atomic E-state index is -1.10. The summed E-state index contributed by atoms with van der Waals surface area (Å²) in [5.41, 5.74) is 5.70. The van der Waals surface area contributed by atoms with Crippen LogP contribution in [0.2, 0.25) is 0 Å². The normalized spacial score (nSPS) is 16.8. The summed E-state index contributed by atoms with van der Waals surface area (Å²) in [6.45, 7) is 4.29. The summed E-state index contributed by atoms with van der Waals surface area (Å²) in [4.78, 5) is 24.8. The van der Waals surface area contributed by atoms with Gasteiger partial charge >= 0.3 is 12.0 Å². The van der Waals surface area contributed by atoms with E-state index in [1.54, 1.807) is 0 Å². The minimum absolute atomic E-state index is 0.0296. The molecule has 8 nitrogen and oxygen atoms in total. The van der Waals surface area contributed by atoms with E-state index in [4.69, 9.17) is 21.4 Å². The summed E-state index contributed by atoms with van der Waals surface area (Å²) in [6, 6.07) is 3.54. The lowest BCUT2D eigenvalue weighted by atomic mass is 10.1. The molecule has 0 saturated carbocycles. The van der Waals surface area contributed by atoms with Gasteiger partial charge in [0.1, 0.15) is 6.73 Å². The number of nitrogens with two attached hydrogens (primary N) is 2. The van der Waals surface area contributed by atoms with Crippen molar-refractivity contribution in [3.8, 4) is 0 Å². The minimum Gasteiger partial charge on any atom is -0.478 e. The van der Waals surface area contributed by atoms with Crippen LogP contribution in [0.5, 0.6) is 0 Å². The maximum atomic E-state index is 12.4. The molecule has 1 heterocycles. The fourth-order valence-electron chi connectivity index (χ4n) is 2.09.